The lowest BCUT2D eigenvalue weighted by Crippen LogP contribution is -2.46. The number of aromatic nitrogens is 1. The first-order valence-corrected chi connectivity index (χ1v) is 5.35. The summed E-state index contributed by atoms with van der Waals surface area (Å²) >= 11 is 0. The lowest BCUT2D eigenvalue weighted by Gasteiger charge is -2.19. The normalized spacial score (nSPS) is 14.5. The summed E-state index contributed by atoms with van der Waals surface area (Å²) in [5, 5.41) is 10.0. The van der Waals surface area contributed by atoms with Crippen LogP contribution in [0.4, 0.5) is 0 Å². The molecular weight excluding hydrogens is 216 g/mol. The predicted molar refractivity (Wildman–Crippen MR) is 65.7 cm³/mol. The van der Waals surface area contributed by atoms with Gasteiger partial charge in [-0.1, -0.05) is 18.2 Å². The second-order valence-corrected chi connectivity index (χ2v) is 4.43. The number of fused-ring (bicyclic) bond motifs is 1. The summed E-state index contributed by atoms with van der Waals surface area (Å²) in [4.78, 5) is 15.2. The molecule has 0 saturated carbocycles. The number of nitrogens with zero attached hydrogens (tertiary/aromatic N) is 1. The summed E-state index contributed by atoms with van der Waals surface area (Å²) in [6.45, 7) is 1.51. The van der Waals surface area contributed by atoms with Crippen LogP contribution in [0.15, 0.2) is 36.5 Å². The highest BCUT2D eigenvalue weighted by atomic mass is 16.4. The van der Waals surface area contributed by atoms with Crippen molar-refractivity contribution in [1.29, 1.82) is 0 Å². The van der Waals surface area contributed by atoms with Crippen molar-refractivity contribution >= 4 is 16.9 Å². The summed E-state index contributed by atoms with van der Waals surface area (Å²) in [5.74, 6) is -1.00. The number of hydrogen-bond donors (Lipinski definition) is 2. The van der Waals surface area contributed by atoms with Crippen LogP contribution < -0.4 is 5.73 Å². The molecule has 1 aromatic heterocycles. The number of carboxylic acids is 1. The molecule has 2 aromatic rings. The predicted octanol–water partition coefficient (Wildman–Crippen LogP) is 1.58. The molecule has 0 aliphatic heterocycles. The Morgan fingerprint density at radius 2 is 2.24 bits per heavy atom. The average molecular weight is 230 g/mol. The molecule has 88 valence electrons. The maximum absolute atomic E-state index is 10.9. The number of carbonyl (C=O) groups is 1. The van der Waals surface area contributed by atoms with Gasteiger partial charge in [-0.2, -0.15) is 0 Å². The fraction of sp³-hybridized carbons (Fsp3) is 0.231. The van der Waals surface area contributed by atoms with Crippen LogP contribution >= 0.6 is 0 Å². The highest BCUT2D eigenvalue weighted by Crippen LogP contribution is 2.17. The molecule has 0 spiro atoms. The Morgan fingerprint density at radius 3 is 2.94 bits per heavy atom. The van der Waals surface area contributed by atoms with E-state index in [0.717, 1.165) is 16.5 Å². The Balaban J connectivity index is 2.34. The lowest BCUT2D eigenvalue weighted by atomic mass is 9.93. The zero-order chi connectivity index (χ0) is 12.5. The van der Waals surface area contributed by atoms with Gasteiger partial charge in [0, 0.05) is 18.0 Å². The van der Waals surface area contributed by atoms with Crippen molar-refractivity contribution in [3.8, 4) is 0 Å². The van der Waals surface area contributed by atoms with Gasteiger partial charge in [0.2, 0.25) is 0 Å². The van der Waals surface area contributed by atoms with Gasteiger partial charge in [-0.05, 0) is 24.6 Å². The van der Waals surface area contributed by atoms with Gasteiger partial charge in [0.15, 0.2) is 0 Å². The van der Waals surface area contributed by atoms with Gasteiger partial charge in [-0.15, -0.1) is 0 Å². The SMILES string of the molecule is C[C@](N)(Cc1ccc2cccnc2c1)C(=O)O. The van der Waals surface area contributed by atoms with Crippen molar-refractivity contribution in [2.24, 2.45) is 5.73 Å². The number of benzene rings is 1. The van der Waals surface area contributed by atoms with E-state index in [-0.39, 0.29) is 6.42 Å². The Kier molecular flexibility index (Phi) is 2.81. The van der Waals surface area contributed by atoms with Crippen LogP contribution in [0.5, 0.6) is 0 Å². The number of pyridine rings is 1. The van der Waals surface area contributed by atoms with Crippen LogP contribution in [0.3, 0.4) is 0 Å². The zero-order valence-corrected chi connectivity index (χ0v) is 9.55. The Hall–Kier alpha value is -1.94. The maximum Gasteiger partial charge on any atom is 0.323 e. The average Bonchev–Trinajstić information content (AvgIpc) is 2.28. The van der Waals surface area contributed by atoms with Crippen molar-refractivity contribution in [1.82, 2.24) is 4.98 Å². The Bertz CT molecular complexity index is 564. The third kappa shape index (κ3) is 2.42. The van der Waals surface area contributed by atoms with E-state index in [1.807, 2.05) is 30.3 Å². The van der Waals surface area contributed by atoms with Crippen molar-refractivity contribution < 1.29 is 9.90 Å². The molecule has 0 amide bonds. The van der Waals surface area contributed by atoms with Crippen molar-refractivity contribution in [3.05, 3.63) is 42.1 Å². The molecule has 0 saturated heterocycles. The smallest absolute Gasteiger partial charge is 0.323 e. The van der Waals surface area contributed by atoms with Crippen LogP contribution in [0.2, 0.25) is 0 Å². The Morgan fingerprint density at radius 1 is 1.47 bits per heavy atom. The first-order valence-electron chi connectivity index (χ1n) is 5.35. The van der Waals surface area contributed by atoms with Gasteiger partial charge in [0.05, 0.1) is 5.52 Å². The summed E-state index contributed by atoms with van der Waals surface area (Å²) in [6.07, 6.45) is 2.00. The molecule has 1 atom stereocenters. The molecular formula is C13H14N2O2. The topological polar surface area (TPSA) is 76.2 Å². The number of carboxylic acid groups (broad SMARTS) is 1. The van der Waals surface area contributed by atoms with E-state index < -0.39 is 11.5 Å². The van der Waals surface area contributed by atoms with Crippen LogP contribution in [0.1, 0.15) is 12.5 Å². The van der Waals surface area contributed by atoms with E-state index in [9.17, 15) is 4.79 Å². The molecule has 0 bridgehead atoms. The fourth-order valence-electron chi connectivity index (χ4n) is 1.72. The largest absolute Gasteiger partial charge is 0.480 e. The van der Waals surface area contributed by atoms with E-state index in [1.54, 1.807) is 6.20 Å². The fourth-order valence-corrected chi connectivity index (χ4v) is 1.72. The molecule has 3 N–H and O–H groups in total. The summed E-state index contributed by atoms with van der Waals surface area (Å²) in [7, 11) is 0. The summed E-state index contributed by atoms with van der Waals surface area (Å²) in [6, 6.07) is 9.52. The van der Waals surface area contributed by atoms with Crippen LogP contribution in [0, 0.1) is 0 Å². The highest BCUT2D eigenvalue weighted by molar-refractivity contribution is 5.80. The molecule has 1 heterocycles. The van der Waals surface area contributed by atoms with Crippen molar-refractivity contribution in [3.63, 3.8) is 0 Å². The molecule has 4 heteroatoms. The minimum absolute atomic E-state index is 0.287. The molecule has 2 rings (SSSR count). The number of rotatable bonds is 3. The minimum Gasteiger partial charge on any atom is -0.480 e. The Labute approximate surface area is 99.1 Å². The minimum atomic E-state index is -1.25. The summed E-state index contributed by atoms with van der Waals surface area (Å²) < 4.78 is 0. The molecule has 0 aliphatic rings. The molecule has 0 unspecified atom stereocenters. The van der Waals surface area contributed by atoms with Gasteiger partial charge in [-0.25, -0.2) is 0 Å². The quantitative estimate of drug-likeness (QED) is 0.839. The van der Waals surface area contributed by atoms with Gasteiger partial charge in [-0.3, -0.25) is 9.78 Å². The third-order valence-corrected chi connectivity index (χ3v) is 2.73. The number of hydrogen-bond acceptors (Lipinski definition) is 3. The second kappa shape index (κ2) is 4.14. The van der Waals surface area contributed by atoms with E-state index in [0.29, 0.717) is 0 Å². The van der Waals surface area contributed by atoms with Gasteiger partial charge in [0.25, 0.3) is 0 Å². The first-order chi connectivity index (χ1) is 7.99. The molecule has 4 nitrogen and oxygen atoms in total. The van der Waals surface area contributed by atoms with E-state index in [1.165, 1.54) is 6.92 Å². The van der Waals surface area contributed by atoms with Gasteiger partial charge < -0.3 is 10.8 Å². The molecule has 0 radical (unpaired) electrons. The van der Waals surface area contributed by atoms with E-state index in [4.69, 9.17) is 10.8 Å². The van der Waals surface area contributed by atoms with Crippen LogP contribution in [-0.4, -0.2) is 21.6 Å². The second-order valence-electron chi connectivity index (χ2n) is 4.43. The molecule has 0 aliphatic carbocycles. The van der Waals surface area contributed by atoms with Gasteiger partial charge >= 0.3 is 5.97 Å². The monoisotopic (exact) mass is 230 g/mol. The molecule has 1 aromatic carbocycles. The first kappa shape index (κ1) is 11.5. The van der Waals surface area contributed by atoms with Gasteiger partial charge in [0.1, 0.15) is 5.54 Å². The van der Waals surface area contributed by atoms with Crippen LogP contribution in [0.25, 0.3) is 10.9 Å². The van der Waals surface area contributed by atoms with Crippen molar-refractivity contribution in [2.45, 2.75) is 18.9 Å². The highest BCUT2D eigenvalue weighted by Gasteiger charge is 2.28. The maximum atomic E-state index is 10.9. The lowest BCUT2D eigenvalue weighted by molar-refractivity contribution is -0.142. The molecule has 17 heavy (non-hydrogen) atoms. The van der Waals surface area contributed by atoms with E-state index in [2.05, 4.69) is 4.98 Å². The third-order valence-electron chi connectivity index (χ3n) is 2.73. The standard InChI is InChI=1S/C13H14N2O2/c1-13(14,12(16)17)8-9-4-5-10-3-2-6-15-11(10)7-9/h2-7H,8,14H2,1H3,(H,16,17)/t13-/m0/s1. The summed E-state index contributed by atoms with van der Waals surface area (Å²) in [5.41, 5.74) is 6.20. The van der Waals surface area contributed by atoms with E-state index >= 15 is 0 Å². The van der Waals surface area contributed by atoms with Crippen LogP contribution in [-0.2, 0) is 11.2 Å². The zero-order valence-electron chi connectivity index (χ0n) is 9.55. The molecule has 0 fully saturated rings. The van der Waals surface area contributed by atoms with Crippen molar-refractivity contribution in [2.75, 3.05) is 0 Å². The number of aliphatic carboxylic acids is 1. The number of nitrogens with two attached hydrogens (primary N) is 1.